The molecule has 0 atom stereocenters. The molecule has 16 heavy (non-hydrogen) atoms. The third kappa shape index (κ3) is 2.02. The van der Waals surface area contributed by atoms with Crippen molar-refractivity contribution in [1.82, 2.24) is 15.0 Å². The van der Waals surface area contributed by atoms with Crippen LogP contribution in [-0.4, -0.2) is 22.1 Å². The summed E-state index contributed by atoms with van der Waals surface area (Å²) in [7, 11) is 1.57. The summed E-state index contributed by atoms with van der Waals surface area (Å²) in [6, 6.07) is 1.76. The summed E-state index contributed by atoms with van der Waals surface area (Å²) >= 11 is 1.55. The molecule has 0 saturated heterocycles. The van der Waals surface area contributed by atoms with Gasteiger partial charge in [0.25, 0.3) is 0 Å². The highest BCUT2D eigenvalue weighted by atomic mass is 32.1. The number of nitrogens with zero attached hydrogens (tertiary/aromatic N) is 3. The van der Waals surface area contributed by atoms with Gasteiger partial charge in [-0.15, -0.1) is 11.3 Å². The van der Waals surface area contributed by atoms with Crippen molar-refractivity contribution in [3.05, 3.63) is 23.0 Å². The number of aromatic nitrogens is 3. The quantitative estimate of drug-likeness (QED) is 0.871. The Morgan fingerprint density at radius 2 is 2.25 bits per heavy atom. The topological polar surface area (TPSA) is 73.9 Å². The Labute approximate surface area is 97.3 Å². The molecule has 6 heteroatoms. The van der Waals surface area contributed by atoms with E-state index in [1.807, 2.05) is 6.92 Å². The molecule has 0 aromatic carbocycles. The van der Waals surface area contributed by atoms with Crippen LogP contribution >= 0.6 is 11.3 Å². The van der Waals surface area contributed by atoms with Crippen molar-refractivity contribution in [3.8, 4) is 16.6 Å². The monoisotopic (exact) mass is 236 g/mol. The fraction of sp³-hybridized carbons (Fsp3) is 0.300. The summed E-state index contributed by atoms with van der Waals surface area (Å²) in [5.74, 6) is 0.534. The van der Waals surface area contributed by atoms with E-state index < -0.39 is 0 Å². The largest absolute Gasteiger partial charge is 0.481 e. The first-order chi connectivity index (χ1) is 7.74. The van der Waals surface area contributed by atoms with Gasteiger partial charge in [-0.3, -0.25) is 0 Å². The van der Waals surface area contributed by atoms with Gasteiger partial charge in [0.15, 0.2) is 0 Å². The van der Waals surface area contributed by atoms with E-state index in [1.54, 1.807) is 24.5 Å². The Morgan fingerprint density at radius 1 is 1.44 bits per heavy atom. The highest BCUT2D eigenvalue weighted by molar-refractivity contribution is 7.15. The summed E-state index contributed by atoms with van der Waals surface area (Å²) in [6.07, 6.45) is 1.47. The lowest BCUT2D eigenvalue weighted by Crippen LogP contribution is -1.94. The SMILES string of the molecule is COc1cc(-c2nc(C)c(CN)s2)ncn1. The molecule has 0 aliphatic carbocycles. The minimum absolute atomic E-state index is 0.506. The van der Waals surface area contributed by atoms with E-state index in [2.05, 4.69) is 15.0 Å². The van der Waals surface area contributed by atoms with Crippen molar-refractivity contribution in [1.29, 1.82) is 0 Å². The lowest BCUT2D eigenvalue weighted by molar-refractivity contribution is 0.397. The third-order valence-corrected chi connectivity index (χ3v) is 3.35. The second-order valence-electron chi connectivity index (χ2n) is 3.18. The van der Waals surface area contributed by atoms with E-state index >= 15 is 0 Å². The fourth-order valence-corrected chi connectivity index (χ4v) is 2.20. The van der Waals surface area contributed by atoms with E-state index in [1.165, 1.54) is 6.33 Å². The van der Waals surface area contributed by atoms with E-state index in [-0.39, 0.29) is 0 Å². The molecule has 84 valence electrons. The van der Waals surface area contributed by atoms with Crippen LogP contribution in [0.2, 0.25) is 0 Å². The number of hydrogen-bond donors (Lipinski definition) is 1. The molecule has 0 unspecified atom stereocenters. The summed E-state index contributed by atoms with van der Waals surface area (Å²) in [5, 5.41) is 0.846. The maximum absolute atomic E-state index is 5.61. The highest BCUT2D eigenvalue weighted by Gasteiger charge is 2.10. The van der Waals surface area contributed by atoms with E-state index in [4.69, 9.17) is 10.5 Å². The van der Waals surface area contributed by atoms with E-state index in [0.29, 0.717) is 12.4 Å². The van der Waals surface area contributed by atoms with Gasteiger partial charge in [0, 0.05) is 17.5 Å². The van der Waals surface area contributed by atoms with Crippen molar-refractivity contribution in [3.63, 3.8) is 0 Å². The normalized spacial score (nSPS) is 10.4. The van der Waals surface area contributed by atoms with Gasteiger partial charge in [0.1, 0.15) is 17.0 Å². The predicted octanol–water partition coefficient (Wildman–Crippen LogP) is 1.38. The Hall–Kier alpha value is -1.53. The van der Waals surface area contributed by atoms with Gasteiger partial charge < -0.3 is 10.5 Å². The number of hydrogen-bond acceptors (Lipinski definition) is 6. The molecular formula is C10H12N4OS. The van der Waals surface area contributed by atoms with Crippen molar-refractivity contribution in [2.24, 2.45) is 5.73 Å². The number of thiazole rings is 1. The molecule has 0 saturated carbocycles. The molecule has 2 N–H and O–H groups in total. The minimum atomic E-state index is 0.506. The minimum Gasteiger partial charge on any atom is -0.481 e. The van der Waals surface area contributed by atoms with Crippen LogP contribution in [0.15, 0.2) is 12.4 Å². The van der Waals surface area contributed by atoms with Crippen molar-refractivity contribution >= 4 is 11.3 Å². The second-order valence-corrected chi connectivity index (χ2v) is 4.26. The van der Waals surface area contributed by atoms with E-state index in [9.17, 15) is 0 Å². The van der Waals surface area contributed by atoms with Crippen LogP contribution in [0, 0.1) is 6.92 Å². The van der Waals surface area contributed by atoms with Crippen LogP contribution in [0.3, 0.4) is 0 Å². The number of methoxy groups -OCH3 is 1. The number of aryl methyl sites for hydroxylation is 1. The Kier molecular flexibility index (Phi) is 3.12. The molecule has 5 nitrogen and oxygen atoms in total. The fourth-order valence-electron chi connectivity index (χ4n) is 1.30. The zero-order chi connectivity index (χ0) is 11.5. The lowest BCUT2D eigenvalue weighted by atomic mass is 10.4. The molecule has 0 amide bonds. The third-order valence-electron chi connectivity index (χ3n) is 2.15. The molecule has 0 spiro atoms. The Balaban J connectivity index is 2.41. The second kappa shape index (κ2) is 4.54. The number of nitrogens with two attached hydrogens (primary N) is 1. The van der Waals surface area contributed by atoms with Crippen molar-refractivity contribution in [2.45, 2.75) is 13.5 Å². The first-order valence-electron chi connectivity index (χ1n) is 4.77. The number of ether oxygens (including phenoxy) is 1. The molecule has 0 aliphatic rings. The van der Waals surface area contributed by atoms with Crippen molar-refractivity contribution in [2.75, 3.05) is 7.11 Å². The smallest absolute Gasteiger partial charge is 0.216 e. The van der Waals surface area contributed by atoms with Crippen LogP contribution in [0.5, 0.6) is 5.88 Å². The first-order valence-corrected chi connectivity index (χ1v) is 5.59. The van der Waals surface area contributed by atoms with Gasteiger partial charge in [0.2, 0.25) is 5.88 Å². The molecule has 2 rings (SSSR count). The highest BCUT2D eigenvalue weighted by Crippen LogP contribution is 2.27. The lowest BCUT2D eigenvalue weighted by Gasteiger charge is -1.98. The molecular weight excluding hydrogens is 224 g/mol. The molecule has 0 fully saturated rings. The summed E-state index contributed by atoms with van der Waals surface area (Å²) in [6.45, 7) is 2.45. The van der Waals surface area contributed by atoms with Crippen molar-refractivity contribution < 1.29 is 4.74 Å². The van der Waals surface area contributed by atoms with E-state index in [0.717, 1.165) is 21.3 Å². The van der Waals surface area contributed by atoms with Gasteiger partial charge in [-0.2, -0.15) is 0 Å². The molecule has 2 aromatic heterocycles. The summed E-state index contributed by atoms with van der Waals surface area (Å²) in [4.78, 5) is 13.6. The van der Waals surface area contributed by atoms with Gasteiger partial charge in [-0.25, -0.2) is 15.0 Å². The van der Waals surface area contributed by atoms with Gasteiger partial charge >= 0.3 is 0 Å². The zero-order valence-corrected chi connectivity index (χ0v) is 9.91. The Bertz CT molecular complexity index is 497. The zero-order valence-electron chi connectivity index (χ0n) is 9.10. The van der Waals surface area contributed by atoms with Crippen LogP contribution < -0.4 is 10.5 Å². The maximum atomic E-state index is 5.61. The molecule has 0 aliphatic heterocycles. The molecule has 2 aromatic rings. The van der Waals surface area contributed by atoms with Crippen LogP contribution in [0.1, 0.15) is 10.6 Å². The van der Waals surface area contributed by atoms with Crippen LogP contribution in [-0.2, 0) is 6.54 Å². The maximum Gasteiger partial charge on any atom is 0.216 e. The number of rotatable bonds is 3. The molecule has 2 heterocycles. The first kappa shape index (κ1) is 11.0. The van der Waals surface area contributed by atoms with Gasteiger partial charge in [-0.1, -0.05) is 0 Å². The van der Waals surface area contributed by atoms with Crippen LogP contribution in [0.25, 0.3) is 10.7 Å². The molecule has 0 radical (unpaired) electrons. The molecule has 0 bridgehead atoms. The van der Waals surface area contributed by atoms with Gasteiger partial charge in [0.05, 0.1) is 12.8 Å². The average Bonchev–Trinajstić information content (AvgIpc) is 2.71. The summed E-state index contributed by atoms with van der Waals surface area (Å²) in [5.41, 5.74) is 7.33. The van der Waals surface area contributed by atoms with Crippen LogP contribution in [0.4, 0.5) is 0 Å². The predicted molar refractivity (Wildman–Crippen MR) is 62.3 cm³/mol. The van der Waals surface area contributed by atoms with Gasteiger partial charge in [-0.05, 0) is 6.92 Å². The average molecular weight is 236 g/mol. The summed E-state index contributed by atoms with van der Waals surface area (Å²) < 4.78 is 5.04. The standard InChI is InChI=1S/C10H12N4OS/c1-6-8(4-11)16-10(14-6)7-3-9(15-2)13-5-12-7/h3,5H,4,11H2,1-2H3. The Morgan fingerprint density at radius 3 is 2.88 bits per heavy atom.